The molecule has 2 fully saturated rings. The third-order valence-electron chi connectivity index (χ3n) is 7.16. The number of ether oxygens (including phenoxy) is 1. The van der Waals surface area contributed by atoms with Crippen LogP contribution >= 0.6 is 0 Å². The monoisotopic (exact) mass is 576 g/mol. The van der Waals surface area contributed by atoms with Crippen molar-refractivity contribution in [1.82, 2.24) is 29.7 Å². The zero-order valence-corrected chi connectivity index (χ0v) is 23.3. The molecule has 1 N–H and O–H groups in total. The number of nitrogens with one attached hydrogen (secondary N) is 1. The van der Waals surface area contributed by atoms with E-state index in [1.54, 1.807) is 13.1 Å². The number of piperazine rings is 1. The van der Waals surface area contributed by atoms with Crippen LogP contribution in [0.4, 0.5) is 26.2 Å². The molecule has 0 amide bonds. The fraction of sp³-hybridized carbons (Fsp3) is 0.538. The van der Waals surface area contributed by atoms with Crippen molar-refractivity contribution in [3.05, 3.63) is 41.9 Å². The van der Waals surface area contributed by atoms with E-state index < -0.39 is 32.9 Å². The average Bonchev–Trinajstić information content (AvgIpc) is 2.96. The smallest absolute Gasteiger partial charge is 0.226 e. The lowest BCUT2D eigenvalue weighted by atomic mass is 10.2. The van der Waals surface area contributed by atoms with Crippen molar-refractivity contribution < 1.29 is 21.9 Å². The Balaban J connectivity index is 1.31. The van der Waals surface area contributed by atoms with E-state index in [1.165, 1.54) is 6.33 Å². The van der Waals surface area contributed by atoms with Crippen molar-refractivity contribution in [3.8, 4) is 0 Å². The lowest BCUT2D eigenvalue weighted by Crippen LogP contribution is -2.49. The van der Waals surface area contributed by atoms with Crippen LogP contribution < -0.4 is 10.2 Å². The molecule has 2 aliphatic rings. The molecule has 0 aliphatic carbocycles. The van der Waals surface area contributed by atoms with Crippen LogP contribution in [0, 0.1) is 11.6 Å². The van der Waals surface area contributed by atoms with Crippen molar-refractivity contribution in [2.24, 2.45) is 0 Å². The van der Waals surface area contributed by atoms with Gasteiger partial charge in [-0.2, -0.15) is 0 Å². The second-order valence-electron chi connectivity index (χ2n) is 10.0. The molecule has 40 heavy (non-hydrogen) atoms. The van der Waals surface area contributed by atoms with Crippen LogP contribution in [0.2, 0.25) is 0 Å². The van der Waals surface area contributed by atoms with Crippen molar-refractivity contribution in [2.45, 2.75) is 19.1 Å². The van der Waals surface area contributed by atoms with Gasteiger partial charge in [0.05, 0.1) is 30.9 Å². The van der Waals surface area contributed by atoms with Gasteiger partial charge in [-0.3, -0.25) is 9.80 Å². The molecule has 3 aromatic rings. The Bertz CT molecular complexity index is 1430. The van der Waals surface area contributed by atoms with Gasteiger partial charge in [-0.1, -0.05) is 13.0 Å². The Hall–Kier alpha value is -3.07. The summed E-state index contributed by atoms with van der Waals surface area (Å²) in [5.41, 5.74) is 0.119. The summed E-state index contributed by atoms with van der Waals surface area (Å²) in [5, 5.41) is 2.70. The quantitative estimate of drug-likeness (QED) is 0.383. The highest BCUT2D eigenvalue weighted by atomic mass is 32.2. The molecule has 0 bridgehead atoms. The van der Waals surface area contributed by atoms with Gasteiger partial charge >= 0.3 is 0 Å². The van der Waals surface area contributed by atoms with E-state index in [0.29, 0.717) is 23.4 Å². The van der Waals surface area contributed by atoms with E-state index >= 15 is 4.39 Å². The van der Waals surface area contributed by atoms with Crippen LogP contribution in [-0.2, 0) is 20.3 Å². The van der Waals surface area contributed by atoms with Gasteiger partial charge in [0.15, 0.2) is 21.5 Å². The lowest BCUT2D eigenvalue weighted by Gasteiger charge is -2.36. The molecule has 0 atom stereocenters. The summed E-state index contributed by atoms with van der Waals surface area (Å²) >= 11 is 0. The van der Waals surface area contributed by atoms with Gasteiger partial charge in [0, 0.05) is 57.9 Å². The molecule has 0 unspecified atom stereocenters. The van der Waals surface area contributed by atoms with E-state index in [9.17, 15) is 12.8 Å². The largest absolute Gasteiger partial charge is 0.379 e. The molecule has 1 aromatic carbocycles. The van der Waals surface area contributed by atoms with Crippen LogP contribution in [0.1, 0.15) is 18.9 Å². The summed E-state index contributed by atoms with van der Waals surface area (Å²) in [5.74, 6) is -1.86. The van der Waals surface area contributed by atoms with Crippen molar-refractivity contribution in [2.75, 3.05) is 81.5 Å². The van der Waals surface area contributed by atoms with Crippen LogP contribution in [0.3, 0.4) is 0 Å². The SMILES string of the molecule is CCCS(=O)(=O)Cc1ccc(F)c(Nc2ncnc3cnc(N4CCN(CCN5CCOCC5)CC4)nc23)c1F. The number of sulfone groups is 1. The number of morpholine rings is 1. The van der Waals surface area contributed by atoms with Crippen molar-refractivity contribution in [3.63, 3.8) is 0 Å². The van der Waals surface area contributed by atoms with Crippen LogP contribution in [-0.4, -0.2) is 109 Å². The Morgan fingerprint density at radius 3 is 2.42 bits per heavy atom. The Morgan fingerprint density at radius 2 is 1.70 bits per heavy atom. The zero-order valence-electron chi connectivity index (χ0n) is 22.5. The standard InChI is InChI=1S/C26H34F2N8O3S/c1-2-15-40(37,38)17-19-3-4-20(27)23(22(19)28)32-25-24-21(30-18-31-25)16-29-26(33-24)36-9-7-34(8-10-36)5-6-35-11-13-39-14-12-35/h3-4,16,18H,2,5-15,17H2,1H3,(H,30,31,32). The average molecular weight is 577 g/mol. The van der Waals surface area contributed by atoms with Gasteiger partial charge < -0.3 is 15.0 Å². The Labute approximate surface area is 232 Å². The van der Waals surface area contributed by atoms with E-state index in [2.05, 4.69) is 40.0 Å². The third kappa shape index (κ3) is 6.79. The maximum atomic E-state index is 15.3. The maximum Gasteiger partial charge on any atom is 0.226 e. The van der Waals surface area contributed by atoms with Crippen LogP contribution in [0.15, 0.2) is 24.7 Å². The van der Waals surface area contributed by atoms with Gasteiger partial charge in [-0.05, 0) is 12.5 Å². The zero-order chi connectivity index (χ0) is 28.1. The molecule has 2 saturated heterocycles. The molecule has 14 heteroatoms. The summed E-state index contributed by atoms with van der Waals surface area (Å²) in [6.45, 7) is 10.5. The second-order valence-corrected chi connectivity index (χ2v) is 12.2. The van der Waals surface area contributed by atoms with Crippen LogP contribution in [0.25, 0.3) is 11.0 Å². The summed E-state index contributed by atoms with van der Waals surface area (Å²) in [6.07, 6.45) is 3.23. The number of nitrogens with zero attached hydrogens (tertiary/aromatic N) is 7. The van der Waals surface area contributed by atoms with Gasteiger partial charge in [-0.25, -0.2) is 37.1 Å². The van der Waals surface area contributed by atoms with Crippen molar-refractivity contribution in [1.29, 1.82) is 0 Å². The van der Waals surface area contributed by atoms with E-state index in [4.69, 9.17) is 4.74 Å². The number of anilines is 3. The number of fused-ring (bicyclic) bond motifs is 1. The topological polar surface area (TPSA) is 117 Å². The highest BCUT2D eigenvalue weighted by Crippen LogP contribution is 2.29. The highest BCUT2D eigenvalue weighted by molar-refractivity contribution is 7.90. The Morgan fingerprint density at radius 1 is 0.975 bits per heavy atom. The normalized spacial score (nSPS) is 17.4. The van der Waals surface area contributed by atoms with Gasteiger partial charge in [-0.15, -0.1) is 0 Å². The molecule has 216 valence electrons. The number of rotatable bonds is 10. The first-order valence-corrected chi connectivity index (χ1v) is 15.3. The minimum atomic E-state index is -3.53. The van der Waals surface area contributed by atoms with Gasteiger partial charge in [0.1, 0.15) is 28.9 Å². The number of hydrogen-bond acceptors (Lipinski definition) is 11. The molecular formula is C26H34F2N8O3S. The molecule has 11 nitrogen and oxygen atoms in total. The molecule has 2 aromatic heterocycles. The molecule has 4 heterocycles. The molecule has 2 aliphatic heterocycles. The predicted octanol–water partition coefficient (Wildman–Crippen LogP) is 2.22. The summed E-state index contributed by atoms with van der Waals surface area (Å²) in [7, 11) is -3.53. The summed E-state index contributed by atoms with van der Waals surface area (Å²) in [6, 6.07) is 2.20. The molecule has 0 radical (unpaired) electrons. The first kappa shape index (κ1) is 28.5. The van der Waals surface area contributed by atoms with E-state index in [0.717, 1.165) is 77.7 Å². The summed E-state index contributed by atoms with van der Waals surface area (Å²) < 4.78 is 60.0. The Kier molecular flexibility index (Phi) is 8.98. The minimum Gasteiger partial charge on any atom is -0.379 e. The minimum absolute atomic E-state index is 0.0784. The van der Waals surface area contributed by atoms with E-state index in [1.807, 2.05) is 0 Å². The summed E-state index contributed by atoms with van der Waals surface area (Å²) in [4.78, 5) is 24.4. The lowest BCUT2D eigenvalue weighted by molar-refractivity contribution is 0.0331. The van der Waals surface area contributed by atoms with E-state index in [-0.39, 0.29) is 17.1 Å². The first-order valence-electron chi connectivity index (χ1n) is 13.5. The first-order chi connectivity index (χ1) is 19.3. The predicted molar refractivity (Wildman–Crippen MR) is 148 cm³/mol. The van der Waals surface area contributed by atoms with Crippen LogP contribution in [0.5, 0.6) is 0 Å². The van der Waals surface area contributed by atoms with Gasteiger partial charge in [0.25, 0.3) is 0 Å². The molecular weight excluding hydrogens is 542 g/mol. The number of hydrogen-bond donors (Lipinski definition) is 1. The maximum absolute atomic E-state index is 15.3. The fourth-order valence-corrected chi connectivity index (χ4v) is 6.39. The molecule has 0 saturated carbocycles. The fourth-order valence-electron chi connectivity index (χ4n) is 4.93. The molecule has 5 rings (SSSR count). The molecule has 0 spiro atoms. The number of aromatic nitrogens is 4. The highest BCUT2D eigenvalue weighted by Gasteiger charge is 2.23. The second kappa shape index (κ2) is 12.6. The van der Waals surface area contributed by atoms with Crippen molar-refractivity contribution >= 4 is 38.3 Å². The number of benzene rings is 1. The van der Waals surface area contributed by atoms with Gasteiger partial charge in [0.2, 0.25) is 5.95 Å². The number of halogens is 2. The third-order valence-corrected chi connectivity index (χ3v) is 8.94.